The first kappa shape index (κ1) is 13.3. The van der Waals surface area contributed by atoms with Gasteiger partial charge in [-0.25, -0.2) is 9.78 Å². The van der Waals surface area contributed by atoms with Gasteiger partial charge in [0.15, 0.2) is 0 Å². The van der Waals surface area contributed by atoms with Crippen molar-refractivity contribution in [3.63, 3.8) is 0 Å². The number of amides is 2. The van der Waals surface area contributed by atoms with Gasteiger partial charge in [0.05, 0.1) is 5.02 Å². The topological polar surface area (TPSA) is 80.0 Å². The summed E-state index contributed by atoms with van der Waals surface area (Å²) in [6.45, 7) is 0.426. The van der Waals surface area contributed by atoms with Gasteiger partial charge >= 0.3 is 6.03 Å². The maximum atomic E-state index is 11.7. The largest absolute Gasteiger partial charge is 0.326 e. The van der Waals surface area contributed by atoms with Crippen LogP contribution in [0, 0.1) is 0 Å². The summed E-state index contributed by atoms with van der Waals surface area (Å²) in [4.78, 5) is 15.7. The summed E-state index contributed by atoms with van der Waals surface area (Å²) in [5.41, 5.74) is 7.16. The van der Waals surface area contributed by atoms with Gasteiger partial charge in [0, 0.05) is 18.4 Å². The molecular formula is C13H13ClN4O. The van der Waals surface area contributed by atoms with Crippen LogP contribution in [-0.4, -0.2) is 11.0 Å². The molecule has 1 aromatic heterocycles. The van der Waals surface area contributed by atoms with E-state index >= 15 is 0 Å². The molecule has 0 aliphatic heterocycles. The fraction of sp³-hybridized carbons (Fsp3) is 0.0769. The second-order valence-corrected chi connectivity index (χ2v) is 4.28. The summed E-state index contributed by atoms with van der Waals surface area (Å²) in [6.07, 6.45) is 1.46. The number of urea groups is 1. The number of pyridine rings is 1. The third kappa shape index (κ3) is 3.94. The normalized spacial score (nSPS) is 10.0. The minimum absolute atomic E-state index is 0.371. The maximum absolute atomic E-state index is 11.7. The van der Waals surface area contributed by atoms with E-state index in [-0.39, 0.29) is 6.03 Å². The molecule has 0 aliphatic carbocycles. The fourth-order valence-electron chi connectivity index (χ4n) is 1.50. The number of nitrogens with two attached hydrogens (primary N) is 1. The Morgan fingerprint density at radius 2 is 2.11 bits per heavy atom. The molecule has 0 spiro atoms. The summed E-state index contributed by atoms with van der Waals surface area (Å²) >= 11 is 5.71. The molecule has 2 aromatic rings. The predicted molar refractivity (Wildman–Crippen MR) is 76.2 cm³/mol. The number of rotatable bonds is 3. The molecule has 98 valence electrons. The summed E-state index contributed by atoms with van der Waals surface area (Å²) in [5, 5.41) is 5.82. The standard InChI is InChI=1S/C13H13ClN4O/c14-10-4-5-12(16-8-10)18-13(19)17-11-3-1-2-9(6-11)7-15/h1-6,8H,7,15H2,(H2,16,17,18,19). The van der Waals surface area contributed by atoms with Gasteiger partial charge in [0.1, 0.15) is 5.82 Å². The van der Waals surface area contributed by atoms with E-state index in [1.54, 1.807) is 18.2 Å². The molecule has 0 saturated heterocycles. The molecule has 4 N–H and O–H groups in total. The number of carbonyl (C=O) groups excluding carboxylic acids is 1. The lowest BCUT2D eigenvalue weighted by molar-refractivity contribution is 0.262. The van der Waals surface area contributed by atoms with E-state index in [4.69, 9.17) is 17.3 Å². The highest BCUT2D eigenvalue weighted by molar-refractivity contribution is 6.30. The van der Waals surface area contributed by atoms with Crippen LogP contribution in [0.25, 0.3) is 0 Å². The van der Waals surface area contributed by atoms with Crippen molar-refractivity contribution in [3.05, 3.63) is 53.2 Å². The molecule has 0 aliphatic rings. The van der Waals surface area contributed by atoms with Crippen LogP contribution in [0.4, 0.5) is 16.3 Å². The molecular weight excluding hydrogens is 264 g/mol. The lowest BCUT2D eigenvalue weighted by Crippen LogP contribution is -2.20. The van der Waals surface area contributed by atoms with Crippen molar-refractivity contribution < 1.29 is 4.79 Å². The summed E-state index contributed by atoms with van der Waals surface area (Å²) in [7, 11) is 0. The minimum Gasteiger partial charge on any atom is -0.326 e. The number of hydrogen-bond acceptors (Lipinski definition) is 3. The maximum Gasteiger partial charge on any atom is 0.324 e. The Morgan fingerprint density at radius 1 is 1.26 bits per heavy atom. The van der Waals surface area contributed by atoms with E-state index in [1.165, 1.54) is 6.20 Å². The zero-order valence-electron chi connectivity index (χ0n) is 10.1. The van der Waals surface area contributed by atoms with Crippen LogP contribution < -0.4 is 16.4 Å². The Morgan fingerprint density at radius 3 is 2.79 bits per heavy atom. The number of halogens is 1. The molecule has 0 radical (unpaired) electrons. The Balaban J connectivity index is 1.99. The lowest BCUT2D eigenvalue weighted by atomic mass is 10.2. The number of nitrogens with zero attached hydrogens (tertiary/aromatic N) is 1. The van der Waals surface area contributed by atoms with E-state index in [9.17, 15) is 4.79 Å². The molecule has 19 heavy (non-hydrogen) atoms. The van der Waals surface area contributed by atoms with Crippen molar-refractivity contribution in [2.24, 2.45) is 5.73 Å². The molecule has 0 bridgehead atoms. The second-order valence-electron chi connectivity index (χ2n) is 3.85. The van der Waals surface area contributed by atoms with Crippen LogP contribution in [0.15, 0.2) is 42.6 Å². The number of anilines is 2. The van der Waals surface area contributed by atoms with Gasteiger partial charge in [-0.15, -0.1) is 0 Å². The van der Waals surface area contributed by atoms with Gasteiger partial charge in [-0.2, -0.15) is 0 Å². The average Bonchev–Trinajstić information content (AvgIpc) is 2.41. The van der Waals surface area contributed by atoms with Crippen molar-refractivity contribution in [3.8, 4) is 0 Å². The van der Waals surface area contributed by atoms with Crippen LogP contribution in [0.3, 0.4) is 0 Å². The zero-order valence-corrected chi connectivity index (χ0v) is 10.8. The van der Waals surface area contributed by atoms with Crippen LogP contribution >= 0.6 is 11.6 Å². The molecule has 0 fully saturated rings. The van der Waals surface area contributed by atoms with Gasteiger partial charge in [0.2, 0.25) is 0 Å². The third-order valence-corrected chi connectivity index (χ3v) is 2.61. The first-order chi connectivity index (χ1) is 9.17. The van der Waals surface area contributed by atoms with Crippen molar-refractivity contribution in [1.29, 1.82) is 0 Å². The van der Waals surface area contributed by atoms with Crippen molar-refractivity contribution in [2.75, 3.05) is 10.6 Å². The molecule has 0 atom stereocenters. The molecule has 1 heterocycles. The van der Waals surface area contributed by atoms with Gasteiger partial charge in [-0.1, -0.05) is 23.7 Å². The lowest BCUT2D eigenvalue weighted by Gasteiger charge is -2.08. The van der Waals surface area contributed by atoms with Crippen LogP contribution in [0.5, 0.6) is 0 Å². The summed E-state index contributed by atoms with van der Waals surface area (Å²) < 4.78 is 0. The van der Waals surface area contributed by atoms with Gasteiger partial charge in [-0.3, -0.25) is 5.32 Å². The first-order valence-corrected chi connectivity index (χ1v) is 6.04. The van der Waals surface area contributed by atoms with Crippen LogP contribution in [0.2, 0.25) is 5.02 Å². The number of hydrogen-bond donors (Lipinski definition) is 3. The van der Waals surface area contributed by atoms with E-state index < -0.39 is 0 Å². The number of benzene rings is 1. The highest BCUT2D eigenvalue weighted by Gasteiger charge is 2.03. The second kappa shape index (κ2) is 6.17. The Hall–Kier alpha value is -2.11. The van der Waals surface area contributed by atoms with E-state index in [2.05, 4.69) is 15.6 Å². The molecule has 0 unspecified atom stereocenters. The van der Waals surface area contributed by atoms with Crippen LogP contribution in [-0.2, 0) is 6.54 Å². The number of carbonyl (C=O) groups is 1. The quantitative estimate of drug-likeness (QED) is 0.806. The third-order valence-electron chi connectivity index (χ3n) is 2.39. The van der Waals surface area contributed by atoms with Crippen LogP contribution in [0.1, 0.15) is 5.56 Å². The van der Waals surface area contributed by atoms with Crippen molar-refractivity contribution >= 4 is 29.1 Å². The van der Waals surface area contributed by atoms with E-state index in [0.29, 0.717) is 23.1 Å². The van der Waals surface area contributed by atoms with Gasteiger partial charge in [-0.05, 0) is 29.8 Å². The first-order valence-electron chi connectivity index (χ1n) is 5.66. The van der Waals surface area contributed by atoms with Crippen molar-refractivity contribution in [1.82, 2.24) is 4.98 Å². The monoisotopic (exact) mass is 276 g/mol. The molecule has 2 rings (SSSR count). The molecule has 6 heteroatoms. The highest BCUT2D eigenvalue weighted by atomic mass is 35.5. The minimum atomic E-state index is -0.371. The number of nitrogens with one attached hydrogen (secondary N) is 2. The number of aromatic nitrogens is 1. The Bertz CT molecular complexity index is 571. The van der Waals surface area contributed by atoms with E-state index in [0.717, 1.165) is 5.56 Å². The van der Waals surface area contributed by atoms with Crippen molar-refractivity contribution in [2.45, 2.75) is 6.54 Å². The van der Waals surface area contributed by atoms with Gasteiger partial charge in [0.25, 0.3) is 0 Å². The molecule has 0 saturated carbocycles. The fourth-order valence-corrected chi connectivity index (χ4v) is 1.62. The smallest absolute Gasteiger partial charge is 0.324 e. The Labute approximate surface area is 115 Å². The molecule has 1 aromatic carbocycles. The SMILES string of the molecule is NCc1cccc(NC(=O)Nc2ccc(Cl)cn2)c1. The molecule has 5 nitrogen and oxygen atoms in total. The summed E-state index contributed by atoms with van der Waals surface area (Å²) in [6, 6.07) is 10.2. The van der Waals surface area contributed by atoms with E-state index in [1.807, 2.05) is 18.2 Å². The highest BCUT2D eigenvalue weighted by Crippen LogP contribution is 2.12. The predicted octanol–water partition coefficient (Wildman–Crippen LogP) is 2.84. The summed E-state index contributed by atoms with van der Waals surface area (Å²) in [5.74, 6) is 0.428. The zero-order chi connectivity index (χ0) is 13.7. The van der Waals surface area contributed by atoms with Gasteiger partial charge < -0.3 is 11.1 Å². The Kier molecular flexibility index (Phi) is 4.33. The molecule has 2 amide bonds. The average molecular weight is 277 g/mol.